The Bertz CT molecular complexity index is 1380. The second kappa shape index (κ2) is 10.6. The number of benzene rings is 2. The van der Waals surface area contributed by atoms with Gasteiger partial charge in [-0.2, -0.15) is 9.57 Å². The summed E-state index contributed by atoms with van der Waals surface area (Å²) in [5.41, 5.74) is 1.95. The zero-order valence-electron chi connectivity index (χ0n) is 20.9. The summed E-state index contributed by atoms with van der Waals surface area (Å²) in [5, 5.41) is 16.4. The van der Waals surface area contributed by atoms with E-state index in [9.17, 15) is 8.42 Å². The minimum absolute atomic E-state index is 0.0241. The van der Waals surface area contributed by atoms with Gasteiger partial charge in [-0.1, -0.05) is 36.4 Å². The number of rotatable bonds is 6. The van der Waals surface area contributed by atoms with E-state index in [1.807, 2.05) is 47.9 Å². The highest BCUT2D eigenvalue weighted by Crippen LogP contribution is 2.38. The average Bonchev–Trinajstić information content (AvgIpc) is 3.36. The third kappa shape index (κ3) is 5.11. The molecule has 0 N–H and O–H groups in total. The number of hydrogen-bond acceptors (Lipinski definition) is 6. The van der Waals surface area contributed by atoms with Crippen LogP contribution in [-0.4, -0.2) is 46.6 Å². The van der Waals surface area contributed by atoms with E-state index in [1.165, 1.54) is 10.4 Å². The summed E-state index contributed by atoms with van der Waals surface area (Å²) in [6.45, 7) is 3.40. The van der Waals surface area contributed by atoms with Crippen LogP contribution < -0.4 is 4.90 Å². The molecule has 0 radical (unpaired) electrons. The van der Waals surface area contributed by atoms with Crippen molar-refractivity contribution in [3.05, 3.63) is 77.6 Å². The van der Waals surface area contributed by atoms with E-state index in [4.69, 9.17) is 5.26 Å². The monoisotopic (exact) mass is 522 g/mol. The lowest BCUT2D eigenvalue weighted by atomic mass is 10.0. The van der Waals surface area contributed by atoms with Crippen molar-refractivity contribution >= 4 is 15.7 Å². The van der Waals surface area contributed by atoms with Crippen molar-refractivity contribution in [1.29, 1.82) is 5.26 Å². The van der Waals surface area contributed by atoms with E-state index in [0.29, 0.717) is 17.8 Å². The van der Waals surface area contributed by atoms with Crippen LogP contribution in [0, 0.1) is 17.1 Å². The van der Waals surface area contributed by atoms with Gasteiger partial charge in [0.25, 0.3) is 0 Å². The average molecular weight is 523 g/mol. The van der Waals surface area contributed by atoms with E-state index < -0.39 is 15.3 Å². The highest BCUT2D eigenvalue weighted by molar-refractivity contribution is 7.89. The number of anilines is 1. The van der Waals surface area contributed by atoms with E-state index in [1.54, 1.807) is 12.4 Å². The molecule has 0 saturated carbocycles. The van der Waals surface area contributed by atoms with Gasteiger partial charge in [0.15, 0.2) is 0 Å². The second-order valence-electron chi connectivity index (χ2n) is 9.90. The van der Waals surface area contributed by atoms with Crippen LogP contribution in [0.5, 0.6) is 0 Å². The third-order valence-corrected chi connectivity index (χ3v) is 10.0. The second-order valence-corrected chi connectivity index (χ2v) is 12.0. The van der Waals surface area contributed by atoms with Crippen molar-refractivity contribution in [1.82, 2.24) is 19.1 Å². The molecule has 3 heterocycles. The van der Waals surface area contributed by atoms with Crippen LogP contribution in [0.15, 0.2) is 54.9 Å². The lowest BCUT2D eigenvalue weighted by molar-refractivity contribution is 0.279. The summed E-state index contributed by atoms with van der Waals surface area (Å²) in [6.07, 6.45) is 4.88. The van der Waals surface area contributed by atoms with Gasteiger partial charge in [0.05, 0.1) is 12.5 Å². The van der Waals surface area contributed by atoms with Crippen molar-refractivity contribution < 1.29 is 12.8 Å². The Morgan fingerprint density at radius 3 is 2.54 bits per heavy atom. The number of sulfonamides is 1. The zero-order chi connectivity index (χ0) is 26.0. The van der Waals surface area contributed by atoms with Gasteiger partial charge in [-0.25, -0.2) is 12.8 Å². The van der Waals surface area contributed by atoms with Crippen molar-refractivity contribution in [3.8, 4) is 6.07 Å². The molecular formula is C27H31FN6O2S. The number of halogens is 1. The highest BCUT2D eigenvalue weighted by atomic mass is 32.2. The summed E-state index contributed by atoms with van der Waals surface area (Å²) in [7, 11) is -3.62. The predicted molar refractivity (Wildman–Crippen MR) is 139 cm³/mol. The molecular weight excluding hydrogens is 491 g/mol. The fourth-order valence-electron chi connectivity index (χ4n) is 5.55. The Morgan fingerprint density at radius 1 is 1.08 bits per heavy atom. The first-order valence-electron chi connectivity index (χ1n) is 12.7. The normalized spacial score (nSPS) is 22.6. The zero-order valence-corrected chi connectivity index (χ0v) is 21.7. The van der Waals surface area contributed by atoms with Gasteiger partial charge in [-0.15, -0.1) is 10.2 Å². The summed E-state index contributed by atoms with van der Waals surface area (Å²) in [5.74, 6) is 0.284. The standard InChI is InChI=1S/C27H31FN6O2S/c1-20-7-10-26(21-5-3-2-4-6-21)37(35,36)34(20)18-22-8-9-24(17-25(22)28)32-15-12-23(13-16-32)33-19-30-31-27(33)11-14-29/h2-6,8-9,17,19-20,23,26H,7,10-13,15-16,18H2,1H3. The van der Waals surface area contributed by atoms with Crippen LogP contribution in [0.25, 0.3) is 0 Å². The molecule has 2 unspecified atom stereocenters. The molecule has 10 heteroatoms. The molecule has 2 saturated heterocycles. The van der Waals surface area contributed by atoms with Crippen LogP contribution in [0.3, 0.4) is 0 Å². The topological polar surface area (TPSA) is 95.1 Å². The summed E-state index contributed by atoms with van der Waals surface area (Å²) < 4.78 is 45.8. The fraction of sp³-hybridized carbons (Fsp3) is 0.444. The molecule has 37 heavy (non-hydrogen) atoms. The first kappa shape index (κ1) is 25.4. The molecule has 0 bridgehead atoms. The third-order valence-electron chi connectivity index (χ3n) is 7.67. The first-order valence-corrected chi connectivity index (χ1v) is 14.2. The molecule has 2 aromatic carbocycles. The molecule has 5 rings (SSSR count). The van der Waals surface area contributed by atoms with Gasteiger partial charge in [-0.05, 0) is 50.3 Å². The number of hydrogen-bond donors (Lipinski definition) is 0. The number of nitrogens with zero attached hydrogens (tertiary/aromatic N) is 6. The van der Waals surface area contributed by atoms with E-state index >= 15 is 4.39 Å². The summed E-state index contributed by atoms with van der Waals surface area (Å²) in [6, 6.07) is 16.6. The summed E-state index contributed by atoms with van der Waals surface area (Å²) in [4.78, 5) is 2.14. The molecule has 3 aromatic rings. The van der Waals surface area contributed by atoms with Crippen molar-refractivity contribution in [3.63, 3.8) is 0 Å². The molecule has 2 atom stereocenters. The maximum atomic E-state index is 15.3. The van der Waals surface area contributed by atoms with Gasteiger partial charge in [0.2, 0.25) is 10.0 Å². The SMILES string of the molecule is CC1CCC(c2ccccc2)S(=O)(=O)N1Cc1ccc(N2CCC(n3cnnc3CC#N)CC2)cc1F. The van der Waals surface area contributed by atoms with Crippen molar-refractivity contribution in [2.75, 3.05) is 18.0 Å². The molecule has 8 nitrogen and oxygen atoms in total. The predicted octanol–water partition coefficient (Wildman–Crippen LogP) is 4.38. The quantitative estimate of drug-likeness (QED) is 0.477. The molecule has 1 aromatic heterocycles. The molecule has 0 amide bonds. The minimum Gasteiger partial charge on any atom is -0.371 e. The molecule has 0 spiro atoms. The maximum Gasteiger partial charge on any atom is 0.221 e. The van der Waals surface area contributed by atoms with E-state index in [-0.39, 0.29) is 30.9 Å². The molecule has 2 aliphatic rings. The number of aromatic nitrogens is 3. The van der Waals surface area contributed by atoms with Crippen LogP contribution in [0.2, 0.25) is 0 Å². The largest absolute Gasteiger partial charge is 0.371 e. The lowest BCUT2D eigenvalue weighted by Gasteiger charge is -2.37. The van der Waals surface area contributed by atoms with Gasteiger partial charge in [0, 0.05) is 43.0 Å². The summed E-state index contributed by atoms with van der Waals surface area (Å²) >= 11 is 0. The van der Waals surface area contributed by atoms with E-state index in [0.717, 1.165) is 43.6 Å². The highest BCUT2D eigenvalue weighted by Gasteiger charge is 2.40. The van der Waals surface area contributed by atoms with Gasteiger partial charge in [-0.3, -0.25) is 0 Å². The van der Waals surface area contributed by atoms with Gasteiger partial charge >= 0.3 is 0 Å². The van der Waals surface area contributed by atoms with E-state index in [2.05, 4.69) is 21.2 Å². The van der Waals surface area contributed by atoms with Crippen LogP contribution in [-0.2, 0) is 23.0 Å². The Balaban J connectivity index is 1.28. The molecule has 0 aliphatic carbocycles. The molecule has 2 aliphatic heterocycles. The Morgan fingerprint density at radius 2 is 1.84 bits per heavy atom. The van der Waals surface area contributed by atoms with Crippen molar-refractivity contribution in [2.45, 2.75) is 62.9 Å². The van der Waals surface area contributed by atoms with Gasteiger partial charge in [0.1, 0.15) is 23.2 Å². The molecule has 194 valence electrons. The van der Waals surface area contributed by atoms with Crippen molar-refractivity contribution in [2.24, 2.45) is 0 Å². The number of nitriles is 1. The van der Waals surface area contributed by atoms with Crippen LogP contribution in [0.1, 0.15) is 60.9 Å². The Labute approximate surface area is 217 Å². The maximum absolute atomic E-state index is 15.3. The van der Waals surface area contributed by atoms with Gasteiger partial charge < -0.3 is 9.47 Å². The number of piperidine rings is 1. The molecule has 2 fully saturated rings. The minimum atomic E-state index is -3.62. The Hall–Kier alpha value is -3.29. The van der Waals surface area contributed by atoms with Crippen LogP contribution >= 0.6 is 0 Å². The Kier molecular flexibility index (Phi) is 7.26. The first-order chi connectivity index (χ1) is 17.9. The lowest BCUT2D eigenvalue weighted by Crippen LogP contribution is -2.44. The smallest absolute Gasteiger partial charge is 0.221 e. The fourth-order valence-corrected chi connectivity index (χ4v) is 7.74. The van der Waals surface area contributed by atoms with Crippen LogP contribution in [0.4, 0.5) is 10.1 Å².